The van der Waals surface area contributed by atoms with Crippen molar-refractivity contribution in [3.8, 4) is 5.82 Å². The number of aliphatic hydroxyl groups is 1. The Kier molecular flexibility index (Phi) is 4.16. The number of amides is 1. The van der Waals surface area contributed by atoms with Gasteiger partial charge in [-0.2, -0.15) is 5.10 Å². The van der Waals surface area contributed by atoms with E-state index in [4.69, 9.17) is 5.11 Å². The first-order valence-corrected chi connectivity index (χ1v) is 7.16. The number of nitrogens with zero attached hydrogens (tertiary/aromatic N) is 3. The van der Waals surface area contributed by atoms with Crippen LogP contribution >= 0.6 is 0 Å². The molecule has 0 saturated carbocycles. The summed E-state index contributed by atoms with van der Waals surface area (Å²) in [7, 11) is 0. The van der Waals surface area contributed by atoms with E-state index in [0.717, 1.165) is 5.56 Å². The molecule has 0 aliphatic rings. The Morgan fingerprint density at radius 1 is 1.26 bits per heavy atom. The number of rotatable bonds is 4. The summed E-state index contributed by atoms with van der Waals surface area (Å²) in [5.74, 6) is 0.408. The maximum Gasteiger partial charge on any atom is 0.259 e. The molecule has 0 saturated heterocycles. The first kappa shape index (κ1) is 14.9. The summed E-state index contributed by atoms with van der Waals surface area (Å²) < 4.78 is 1.62. The molecule has 1 aromatic carbocycles. The van der Waals surface area contributed by atoms with Crippen LogP contribution in [0.1, 0.15) is 21.6 Å². The third kappa shape index (κ3) is 3.12. The van der Waals surface area contributed by atoms with Gasteiger partial charge in [-0.15, -0.1) is 0 Å². The van der Waals surface area contributed by atoms with Gasteiger partial charge in [-0.3, -0.25) is 4.79 Å². The number of carbonyl (C=O) groups is 1. The highest BCUT2D eigenvalue weighted by molar-refractivity contribution is 6.05. The summed E-state index contributed by atoms with van der Waals surface area (Å²) in [5.41, 5.74) is 2.56. The van der Waals surface area contributed by atoms with Gasteiger partial charge in [-0.05, 0) is 36.8 Å². The predicted molar refractivity (Wildman–Crippen MR) is 86.4 cm³/mol. The summed E-state index contributed by atoms with van der Waals surface area (Å²) in [6.07, 6.45) is 3.20. The standard InChI is InChI=1S/C17H16N4O2/c1-12-15(10-19-21(12)16-7-2-3-8-18-16)17(23)20-14-6-4-5-13(9-14)11-22/h2-10,22H,11H2,1H3,(H,20,23). The molecular formula is C17H16N4O2. The average molecular weight is 308 g/mol. The van der Waals surface area contributed by atoms with Crippen molar-refractivity contribution in [1.29, 1.82) is 0 Å². The molecule has 0 aliphatic carbocycles. The molecule has 0 bridgehead atoms. The number of aliphatic hydroxyl groups excluding tert-OH is 1. The fraction of sp³-hybridized carbons (Fsp3) is 0.118. The SMILES string of the molecule is Cc1c(C(=O)Nc2cccc(CO)c2)cnn1-c1ccccn1. The fourth-order valence-corrected chi connectivity index (χ4v) is 2.29. The zero-order chi connectivity index (χ0) is 16.2. The van der Waals surface area contributed by atoms with Crippen LogP contribution in [0.2, 0.25) is 0 Å². The molecular weight excluding hydrogens is 292 g/mol. The van der Waals surface area contributed by atoms with Crippen LogP contribution in [0.5, 0.6) is 0 Å². The monoisotopic (exact) mass is 308 g/mol. The van der Waals surface area contributed by atoms with Crippen molar-refractivity contribution >= 4 is 11.6 Å². The molecule has 3 rings (SSSR count). The molecule has 0 spiro atoms. The lowest BCUT2D eigenvalue weighted by Gasteiger charge is -2.07. The zero-order valence-electron chi connectivity index (χ0n) is 12.6. The molecule has 2 N–H and O–H groups in total. The minimum Gasteiger partial charge on any atom is -0.392 e. The van der Waals surface area contributed by atoms with E-state index in [-0.39, 0.29) is 12.5 Å². The van der Waals surface area contributed by atoms with Crippen molar-refractivity contribution < 1.29 is 9.90 Å². The van der Waals surface area contributed by atoms with Gasteiger partial charge in [0.1, 0.15) is 0 Å². The van der Waals surface area contributed by atoms with E-state index in [1.54, 1.807) is 35.1 Å². The van der Waals surface area contributed by atoms with Crippen LogP contribution in [0.25, 0.3) is 5.82 Å². The van der Waals surface area contributed by atoms with Crippen molar-refractivity contribution in [2.45, 2.75) is 13.5 Å². The van der Waals surface area contributed by atoms with Gasteiger partial charge >= 0.3 is 0 Å². The second-order valence-electron chi connectivity index (χ2n) is 5.06. The third-order valence-electron chi connectivity index (χ3n) is 3.49. The number of aromatic nitrogens is 3. The second kappa shape index (κ2) is 6.41. The Bertz CT molecular complexity index is 828. The van der Waals surface area contributed by atoms with Gasteiger partial charge in [0.15, 0.2) is 5.82 Å². The van der Waals surface area contributed by atoms with Crippen LogP contribution in [0, 0.1) is 6.92 Å². The first-order valence-electron chi connectivity index (χ1n) is 7.16. The summed E-state index contributed by atoms with van der Waals surface area (Å²) in [4.78, 5) is 16.7. The highest BCUT2D eigenvalue weighted by atomic mass is 16.3. The van der Waals surface area contributed by atoms with Crippen LogP contribution in [-0.2, 0) is 6.61 Å². The molecule has 0 aliphatic heterocycles. The van der Waals surface area contributed by atoms with Crippen molar-refractivity contribution in [1.82, 2.24) is 14.8 Å². The third-order valence-corrected chi connectivity index (χ3v) is 3.49. The summed E-state index contributed by atoms with van der Waals surface area (Å²) >= 11 is 0. The number of hydrogen-bond acceptors (Lipinski definition) is 4. The molecule has 0 unspecified atom stereocenters. The Hall–Kier alpha value is -2.99. The van der Waals surface area contributed by atoms with E-state index in [1.807, 2.05) is 25.1 Å². The zero-order valence-corrected chi connectivity index (χ0v) is 12.6. The van der Waals surface area contributed by atoms with Crippen molar-refractivity contribution in [2.24, 2.45) is 0 Å². The van der Waals surface area contributed by atoms with Gasteiger partial charge < -0.3 is 10.4 Å². The average Bonchev–Trinajstić information content (AvgIpc) is 2.97. The molecule has 0 radical (unpaired) electrons. The molecule has 1 amide bonds. The minimum absolute atomic E-state index is 0.0691. The van der Waals surface area contributed by atoms with E-state index >= 15 is 0 Å². The number of nitrogens with one attached hydrogen (secondary N) is 1. The lowest BCUT2D eigenvalue weighted by atomic mass is 10.2. The Morgan fingerprint density at radius 2 is 2.13 bits per heavy atom. The van der Waals surface area contributed by atoms with E-state index in [2.05, 4.69) is 15.4 Å². The highest BCUT2D eigenvalue weighted by Crippen LogP contribution is 2.16. The maximum absolute atomic E-state index is 12.4. The van der Waals surface area contributed by atoms with Gasteiger partial charge in [0.25, 0.3) is 5.91 Å². The summed E-state index contributed by atoms with van der Waals surface area (Å²) in [6, 6.07) is 12.6. The topological polar surface area (TPSA) is 80.0 Å². The Balaban J connectivity index is 1.84. The number of anilines is 1. The maximum atomic E-state index is 12.4. The Morgan fingerprint density at radius 3 is 2.87 bits per heavy atom. The van der Waals surface area contributed by atoms with Crippen LogP contribution in [-0.4, -0.2) is 25.8 Å². The van der Waals surface area contributed by atoms with Crippen LogP contribution in [0.15, 0.2) is 54.9 Å². The molecule has 2 aromatic heterocycles. The quantitative estimate of drug-likeness (QED) is 0.775. The lowest BCUT2D eigenvalue weighted by Crippen LogP contribution is -2.13. The van der Waals surface area contributed by atoms with Crippen molar-refractivity contribution in [2.75, 3.05) is 5.32 Å². The second-order valence-corrected chi connectivity index (χ2v) is 5.06. The molecule has 6 heteroatoms. The summed E-state index contributed by atoms with van der Waals surface area (Å²) in [6.45, 7) is 1.75. The van der Waals surface area contributed by atoms with E-state index in [1.165, 1.54) is 6.20 Å². The molecule has 23 heavy (non-hydrogen) atoms. The normalized spacial score (nSPS) is 10.5. The molecule has 6 nitrogen and oxygen atoms in total. The highest BCUT2D eigenvalue weighted by Gasteiger charge is 2.15. The molecule has 3 aromatic rings. The molecule has 2 heterocycles. The predicted octanol–water partition coefficient (Wildman–Crippen LogP) is 2.32. The first-order chi connectivity index (χ1) is 11.2. The molecule has 0 atom stereocenters. The van der Waals surface area contributed by atoms with Gasteiger partial charge in [0.05, 0.1) is 24.1 Å². The van der Waals surface area contributed by atoms with Gasteiger partial charge in [-0.25, -0.2) is 9.67 Å². The number of hydrogen-bond donors (Lipinski definition) is 2. The smallest absolute Gasteiger partial charge is 0.259 e. The van der Waals surface area contributed by atoms with Crippen LogP contribution in [0.3, 0.4) is 0 Å². The largest absolute Gasteiger partial charge is 0.392 e. The summed E-state index contributed by atoms with van der Waals surface area (Å²) in [5, 5.41) is 16.2. The number of benzene rings is 1. The van der Waals surface area contributed by atoms with Crippen molar-refractivity contribution in [3.05, 3.63) is 71.7 Å². The van der Waals surface area contributed by atoms with Gasteiger partial charge in [0, 0.05) is 11.9 Å². The minimum atomic E-state index is -0.250. The number of carbonyl (C=O) groups excluding carboxylic acids is 1. The Labute approximate surface area is 133 Å². The van der Waals surface area contributed by atoms with E-state index < -0.39 is 0 Å². The molecule has 116 valence electrons. The van der Waals surface area contributed by atoms with E-state index in [9.17, 15) is 4.79 Å². The van der Waals surface area contributed by atoms with Crippen molar-refractivity contribution in [3.63, 3.8) is 0 Å². The number of pyridine rings is 1. The van der Waals surface area contributed by atoms with Crippen LogP contribution < -0.4 is 5.32 Å². The molecule has 0 fully saturated rings. The van der Waals surface area contributed by atoms with Gasteiger partial charge in [0.2, 0.25) is 0 Å². The fourth-order valence-electron chi connectivity index (χ4n) is 2.29. The van der Waals surface area contributed by atoms with Gasteiger partial charge in [-0.1, -0.05) is 18.2 Å². The lowest BCUT2D eigenvalue weighted by molar-refractivity contribution is 0.102. The van der Waals surface area contributed by atoms with E-state index in [0.29, 0.717) is 22.8 Å². The van der Waals surface area contributed by atoms with Crippen LogP contribution in [0.4, 0.5) is 5.69 Å².